The highest BCUT2D eigenvalue weighted by Crippen LogP contribution is 2.34. The van der Waals surface area contributed by atoms with E-state index < -0.39 is 0 Å². The molecule has 0 unspecified atom stereocenters. The molecule has 21 heavy (non-hydrogen) atoms. The first-order valence-electron chi connectivity index (χ1n) is 6.53. The molecule has 1 aromatic carbocycles. The Hall–Kier alpha value is -1.70. The molecule has 1 aromatic heterocycles. The van der Waals surface area contributed by atoms with E-state index in [2.05, 4.69) is 15.5 Å². The maximum atomic E-state index is 5.39. The number of hydrogen-bond donors (Lipinski definition) is 1. The summed E-state index contributed by atoms with van der Waals surface area (Å²) in [4.78, 5) is 0. The van der Waals surface area contributed by atoms with Gasteiger partial charge in [-0.25, -0.2) is 0 Å². The standard InChI is InChI=1S/C14H19N3O3S/c1-18-7-6-15-9-13-16-17-14(21-13)11-5-4-10(19-2)8-12(11)20-3/h4-5,8,15H,6-7,9H2,1-3H3. The maximum Gasteiger partial charge on any atom is 0.151 e. The molecule has 0 saturated carbocycles. The number of methoxy groups -OCH3 is 3. The van der Waals surface area contributed by atoms with Crippen molar-refractivity contribution in [3.05, 3.63) is 23.2 Å². The molecule has 0 aliphatic heterocycles. The Morgan fingerprint density at radius 2 is 2.00 bits per heavy atom. The number of rotatable bonds is 8. The summed E-state index contributed by atoms with van der Waals surface area (Å²) in [6, 6.07) is 5.66. The molecule has 0 bridgehead atoms. The van der Waals surface area contributed by atoms with Crippen molar-refractivity contribution in [3.63, 3.8) is 0 Å². The van der Waals surface area contributed by atoms with Gasteiger partial charge in [-0.1, -0.05) is 11.3 Å². The first-order valence-corrected chi connectivity index (χ1v) is 7.34. The average Bonchev–Trinajstić information content (AvgIpc) is 2.99. The van der Waals surface area contributed by atoms with E-state index >= 15 is 0 Å². The fourth-order valence-corrected chi connectivity index (χ4v) is 2.62. The van der Waals surface area contributed by atoms with Gasteiger partial charge >= 0.3 is 0 Å². The Balaban J connectivity index is 2.10. The molecule has 6 nitrogen and oxygen atoms in total. The highest BCUT2D eigenvalue weighted by Gasteiger charge is 2.12. The molecular weight excluding hydrogens is 290 g/mol. The predicted octanol–water partition coefficient (Wildman–Crippen LogP) is 1.96. The molecule has 0 atom stereocenters. The zero-order valence-corrected chi connectivity index (χ0v) is 13.2. The van der Waals surface area contributed by atoms with E-state index in [0.717, 1.165) is 33.6 Å². The van der Waals surface area contributed by atoms with E-state index in [0.29, 0.717) is 13.2 Å². The second kappa shape index (κ2) is 7.92. The Labute approximate surface area is 128 Å². The molecule has 0 aliphatic carbocycles. The van der Waals surface area contributed by atoms with Gasteiger partial charge in [0.25, 0.3) is 0 Å². The molecule has 7 heteroatoms. The van der Waals surface area contributed by atoms with Gasteiger partial charge in [0.2, 0.25) is 0 Å². The quantitative estimate of drug-likeness (QED) is 0.752. The molecule has 114 valence electrons. The third-order valence-electron chi connectivity index (χ3n) is 2.87. The van der Waals surface area contributed by atoms with Gasteiger partial charge in [-0.05, 0) is 12.1 Å². The second-order valence-electron chi connectivity index (χ2n) is 4.24. The number of benzene rings is 1. The van der Waals surface area contributed by atoms with Gasteiger partial charge in [-0.15, -0.1) is 10.2 Å². The van der Waals surface area contributed by atoms with Crippen LogP contribution in [0.5, 0.6) is 11.5 Å². The van der Waals surface area contributed by atoms with E-state index in [1.165, 1.54) is 0 Å². The third-order valence-corrected chi connectivity index (χ3v) is 3.82. The minimum Gasteiger partial charge on any atom is -0.497 e. The van der Waals surface area contributed by atoms with Gasteiger partial charge in [0.1, 0.15) is 16.5 Å². The molecule has 0 radical (unpaired) electrons. The van der Waals surface area contributed by atoms with E-state index in [1.54, 1.807) is 32.7 Å². The lowest BCUT2D eigenvalue weighted by atomic mass is 10.2. The summed E-state index contributed by atoms with van der Waals surface area (Å²) < 4.78 is 15.6. The SMILES string of the molecule is COCCNCc1nnc(-c2ccc(OC)cc2OC)s1. The van der Waals surface area contributed by atoms with Crippen molar-refractivity contribution in [1.82, 2.24) is 15.5 Å². The van der Waals surface area contributed by atoms with Crippen LogP contribution in [0.15, 0.2) is 18.2 Å². The second-order valence-corrected chi connectivity index (χ2v) is 5.30. The molecule has 0 aliphatic rings. The molecule has 0 saturated heterocycles. The molecule has 0 amide bonds. The highest BCUT2D eigenvalue weighted by molar-refractivity contribution is 7.14. The number of nitrogens with zero attached hydrogens (tertiary/aromatic N) is 2. The smallest absolute Gasteiger partial charge is 0.151 e. The van der Waals surface area contributed by atoms with Crippen molar-refractivity contribution in [2.45, 2.75) is 6.54 Å². The summed E-state index contributed by atoms with van der Waals surface area (Å²) in [7, 11) is 4.94. The lowest BCUT2D eigenvalue weighted by Crippen LogP contribution is -2.18. The summed E-state index contributed by atoms with van der Waals surface area (Å²) >= 11 is 1.54. The average molecular weight is 309 g/mol. The minimum atomic E-state index is 0.679. The minimum absolute atomic E-state index is 0.679. The van der Waals surface area contributed by atoms with Crippen molar-refractivity contribution in [1.29, 1.82) is 0 Å². The number of aromatic nitrogens is 2. The highest BCUT2D eigenvalue weighted by atomic mass is 32.1. The van der Waals surface area contributed by atoms with Gasteiger partial charge in [0.15, 0.2) is 5.01 Å². The Morgan fingerprint density at radius 3 is 2.71 bits per heavy atom. The molecule has 1 heterocycles. The van der Waals surface area contributed by atoms with Crippen molar-refractivity contribution < 1.29 is 14.2 Å². The Morgan fingerprint density at radius 1 is 1.14 bits per heavy atom. The first-order chi connectivity index (χ1) is 10.3. The van der Waals surface area contributed by atoms with E-state index in [1.807, 2.05) is 18.2 Å². The van der Waals surface area contributed by atoms with Crippen LogP contribution in [-0.4, -0.2) is 44.7 Å². The summed E-state index contributed by atoms with van der Waals surface area (Å²) in [5.41, 5.74) is 0.916. The summed E-state index contributed by atoms with van der Waals surface area (Å²) in [5, 5.41) is 13.4. The van der Waals surface area contributed by atoms with Crippen LogP contribution in [0.4, 0.5) is 0 Å². The van der Waals surface area contributed by atoms with Crippen molar-refractivity contribution >= 4 is 11.3 Å². The lowest BCUT2D eigenvalue weighted by Gasteiger charge is -2.07. The maximum absolute atomic E-state index is 5.39. The van der Waals surface area contributed by atoms with Crippen LogP contribution in [0.1, 0.15) is 5.01 Å². The van der Waals surface area contributed by atoms with Crippen LogP contribution in [0.25, 0.3) is 10.6 Å². The molecule has 0 spiro atoms. The van der Waals surface area contributed by atoms with Gasteiger partial charge < -0.3 is 19.5 Å². The van der Waals surface area contributed by atoms with Crippen molar-refractivity contribution in [2.24, 2.45) is 0 Å². The molecular formula is C14H19N3O3S. The number of nitrogens with one attached hydrogen (secondary N) is 1. The topological polar surface area (TPSA) is 65.5 Å². The van der Waals surface area contributed by atoms with Crippen LogP contribution in [-0.2, 0) is 11.3 Å². The van der Waals surface area contributed by atoms with Gasteiger partial charge in [0, 0.05) is 26.3 Å². The summed E-state index contributed by atoms with van der Waals surface area (Å²) in [6.45, 7) is 2.15. The molecule has 0 fully saturated rings. The Kier molecular flexibility index (Phi) is 5.91. The number of ether oxygens (including phenoxy) is 3. The first kappa shape index (κ1) is 15.7. The normalized spacial score (nSPS) is 10.6. The van der Waals surface area contributed by atoms with Gasteiger partial charge in [0.05, 0.1) is 26.4 Å². The van der Waals surface area contributed by atoms with Crippen LogP contribution in [0.2, 0.25) is 0 Å². The largest absolute Gasteiger partial charge is 0.497 e. The predicted molar refractivity (Wildman–Crippen MR) is 82.0 cm³/mol. The van der Waals surface area contributed by atoms with Crippen LogP contribution in [0, 0.1) is 0 Å². The zero-order chi connectivity index (χ0) is 15.1. The third kappa shape index (κ3) is 4.13. The molecule has 2 aromatic rings. The number of hydrogen-bond acceptors (Lipinski definition) is 7. The van der Waals surface area contributed by atoms with Gasteiger partial charge in [-0.2, -0.15) is 0 Å². The van der Waals surface area contributed by atoms with E-state index in [-0.39, 0.29) is 0 Å². The van der Waals surface area contributed by atoms with Crippen LogP contribution in [0.3, 0.4) is 0 Å². The van der Waals surface area contributed by atoms with Crippen molar-refractivity contribution in [3.8, 4) is 22.1 Å². The van der Waals surface area contributed by atoms with E-state index in [4.69, 9.17) is 14.2 Å². The van der Waals surface area contributed by atoms with Crippen LogP contribution < -0.4 is 14.8 Å². The van der Waals surface area contributed by atoms with E-state index in [9.17, 15) is 0 Å². The fourth-order valence-electron chi connectivity index (χ4n) is 1.78. The zero-order valence-electron chi connectivity index (χ0n) is 12.4. The fraction of sp³-hybridized carbons (Fsp3) is 0.429. The Bertz CT molecular complexity index is 574. The van der Waals surface area contributed by atoms with Crippen molar-refractivity contribution in [2.75, 3.05) is 34.5 Å². The lowest BCUT2D eigenvalue weighted by molar-refractivity contribution is 0.199. The van der Waals surface area contributed by atoms with Gasteiger partial charge in [-0.3, -0.25) is 0 Å². The van der Waals surface area contributed by atoms with Crippen LogP contribution >= 0.6 is 11.3 Å². The summed E-state index contributed by atoms with van der Waals surface area (Å²) in [6.07, 6.45) is 0. The summed E-state index contributed by atoms with van der Waals surface area (Å²) in [5.74, 6) is 1.48. The monoisotopic (exact) mass is 309 g/mol. The molecule has 2 rings (SSSR count). The molecule has 1 N–H and O–H groups in total.